The Morgan fingerprint density at radius 3 is 2.94 bits per heavy atom. The van der Waals surface area contributed by atoms with Gasteiger partial charge in [0, 0.05) is 0 Å². The molecular weight excluding hydrogens is 260 g/mol. The van der Waals surface area contributed by atoms with E-state index in [4.69, 9.17) is 25.5 Å². The molecule has 0 saturated carbocycles. The number of aliphatic hydroxyl groups excluding tert-OH is 1. The lowest BCUT2D eigenvalue weighted by Gasteiger charge is -2.10. The largest absolute Gasteiger partial charge is 0.463 e. The van der Waals surface area contributed by atoms with E-state index in [1.807, 2.05) is 0 Å². The zero-order chi connectivity index (χ0) is 13.3. The summed E-state index contributed by atoms with van der Waals surface area (Å²) < 4.78 is 15.7. The predicted molar refractivity (Wildman–Crippen MR) is 63.7 cm³/mol. The predicted octanol–water partition coefficient (Wildman–Crippen LogP) is 1.80. The Balaban J connectivity index is 2.21. The van der Waals surface area contributed by atoms with Crippen LogP contribution in [-0.4, -0.2) is 35.8 Å². The summed E-state index contributed by atoms with van der Waals surface area (Å²) in [6.45, 7) is 3.87. The molecule has 1 fully saturated rings. The van der Waals surface area contributed by atoms with Crippen molar-refractivity contribution < 1.29 is 23.8 Å². The molecule has 1 aromatic rings. The van der Waals surface area contributed by atoms with Crippen LogP contribution in [0.2, 0.25) is 0 Å². The van der Waals surface area contributed by atoms with E-state index < -0.39 is 23.6 Å². The molecule has 0 bridgehead atoms. The fourth-order valence-corrected chi connectivity index (χ4v) is 2.15. The summed E-state index contributed by atoms with van der Waals surface area (Å²) in [7, 11) is 0. The summed E-state index contributed by atoms with van der Waals surface area (Å²) in [6, 6.07) is 1.56. The Morgan fingerprint density at radius 2 is 2.39 bits per heavy atom. The Bertz CT molecular complexity index is 442. The molecule has 3 atom stereocenters. The number of hydrogen-bond donors (Lipinski definition) is 1. The highest BCUT2D eigenvalue weighted by atomic mass is 35.5. The van der Waals surface area contributed by atoms with Crippen LogP contribution in [0.1, 0.15) is 34.9 Å². The van der Waals surface area contributed by atoms with E-state index in [1.165, 1.54) is 0 Å². The van der Waals surface area contributed by atoms with Gasteiger partial charge in [-0.05, 0) is 19.9 Å². The lowest BCUT2D eigenvalue weighted by Crippen LogP contribution is -2.19. The molecule has 0 spiro atoms. The summed E-state index contributed by atoms with van der Waals surface area (Å²) in [6.07, 6.45) is -1.27. The zero-order valence-corrected chi connectivity index (χ0v) is 10.9. The molecule has 1 aliphatic rings. The van der Waals surface area contributed by atoms with Gasteiger partial charge in [0.1, 0.15) is 23.2 Å². The molecule has 0 aromatic carbocycles. The molecule has 6 heteroatoms. The van der Waals surface area contributed by atoms with E-state index in [0.29, 0.717) is 23.7 Å². The number of esters is 1. The summed E-state index contributed by atoms with van der Waals surface area (Å²) in [5.41, 5.74) is 0.362. The number of halogens is 1. The van der Waals surface area contributed by atoms with E-state index in [2.05, 4.69) is 0 Å². The monoisotopic (exact) mass is 274 g/mol. The van der Waals surface area contributed by atoms with Gasteiger partial charge in [-0.2, -0.15) is 0 Å². The van der Waals surface area contributed by atoms with E-state index >= 15 is 0 Å². The van der Waals surface area contributed by atoms with Gasteiger partial charge in [0.05, 0.1) is 24.7 Å². The second kappa shape index (κ2) is 5.30. The van der Waals surface area contributed by atoms with Gasteiger partial charge < -0.3 is 19.0 Å². The summed E-state index contributed by atoms with van der Waals surface area (Å²) >= 11 is 6.01. The first-order valence-corrected chi connectivity index (χ1v) is 6.19. The van der Waals surface area contributed by atoms with Crippen LogP contribution in [0, 0.1) is 6.92 Å². The van der Waals surface area contributed by atoms with Gasteiger partial charge in [0.2, 0.25) is 0 Å². The molecule has 5 nitrogen and oxygen atoms in total. The highest BCUT2D eigenvalue weighted by molar-refractivity contribution is 6.21. The highest BCUT2D eigenvalue weighted by Crippen LogP contribution is 2.35. The highest BCUT2D eigenvalue weighted by Gasteiger charge is 2.38. The van der Waals surface area contributed by atoms with Gasteiger partial charge in [-0.25, -0.2) is 4.79 Å². The molecule has 2 heterocycles. The summed E-state index contributed by atoms with van der Waals surface area (Å²) in [4.78, 5) is 11.6. The molecule has 2 rings (SSSR count). The molecule has 1 aliphatic heterocycles. The first kappa shape index (κ1) is 13.4. The Labute approximate surface area is 110 Å². The van der Waals surface area contributed by atoms with E-state index in [1.54, 1.807) is 19.9 Å². The fourth-order valence-electron chi connectivity index (χ4n) is 1.88. The SMILES string of the molecule is CCOC(=O)c1cc([C@H]2OC[C@@H](O)[C@@H]2Cl)oc1C. The molecule has 18 heavy (non-hydrogen) atoms. The van der Waals surface area contributed by atoms with Crippen LogP contribution in [0.3, 0.4) is 0 Å². The topological polar surface area (TPSA) is 68.9 Å². The van der Waals surface area contributed by atoms with E-state index in [-0.39, 0.29) is 6.61 Å². The quantitative estimate of drug-likeness (QED) is 0.672. The van der Waals surface area contributed by atoms with Gasteiger partial charge in [-0.1, -0.05) is 0 Å². The third-order valence-electron chi connectivity index (χ3n) is 2.82. The van der Waals surface area contributed by atoms with Gasteiger partial charge in [-0.3, -0.25) is 0 Å². The van der Waals surface area contributed by atoms with Crippen molar-refractivity contribution in [3.05, 3.63) is 23.2 Å². The van der Waals surface area contributed by atoms with Crippen LogP contribution in [-0.2, 0) is 9.47 Å². The first-order chi connectivity index (χ1) is 8.54. The van der Waals surface area contributed by atoms with Crippen molar-refractivity contribution in [1.29, 1.82) is 0 Å². The van der Waals surface area contributed by atoms with Crippen LogP contribution in [0.15, 0.2) is 10.5 Å². The molecule has 0 unspecified atom stereocenters. The van der Waals surface area contributed by atoms with Gasteiger partial charge in [-0.15, -0.1) is 11.6 Å². The second-order valence-corrected chi connectivity index (χ2v) is 4.61. The number of alkyl halides is 1. The van der Waals surface area contributed by atoms with Crippen molar-refractivity contribution in [3.63, 3.8) is 0 Å². The van der Waals surface area contributed by atoms with Gasteiger partial charge in [0.15, 0.2) is 0 Å². The number of aryl methyl sites for hydroxylation is 1. The lowest BCUT2D eigenvalue weighted by molar-refractivity contribution is 0.0524. The van der Waals surface area contributed by atoms with Crippen LogP contribution in [0.25, 0.3) is 0 Å². The van der Waals surface area contributed by atoms with E-state index in [0.717, 1.165) is 0 Å². The minimum atomic E-state index is -0.729. The molecule has 1 saturated heterocycles. The molecule has 100 valence electrons. The minimum absolute atomic E-state index is 0.160. The van der Waals surface area contributed by atoms with Crippen molar-refractivity contribution in [2.24, 2.45) is 0 Å². The minimum Gasteiger partial charge on any atom is -0.463 e. The number of carbonyl (C=O) groups excluding carboxylic acids is 1. The molecule has 0 aliphatic carbocycles. The van der Waals surface area contributed by atoms with Crippen molar-refractivity contribution in [1.82, 2.24) is 0 Å². The lowest BCUT2D eigenvalue weighted by atomic mass is 10.1. The maximum absolute atomic E-state index is 11.6. The molecule has 1 aromatic heterocycles. The van der Waals surface area contributed by atoms with E-state index in [9.17, 15) is 9.90 Å². The number of rotatable bonds is 3. The second-order valence-electron chi connectivity index (χ2n) is 4.10. The third kappa shape index (κ3) is 2.39. The zero-order valence-electron chi connectivity index (χ0n) is 10.2. The Morgan fingerprint density at radius 1 is 1.67 bits per heavy atom. The average molecular weight is 275 g/mol. The van der Waals surface area contributed by atoms with Crippen LogP contribution >= 0.6 is 11.6 Å². The summed E-state index contributed by atoms with van der Waals surface area (Å²) in [5.74, 6) is 0.457. The molecule has 0 radical (unpaired) electrons. The number of aliphatic hydroxyl groups is 1. The van der Waals surface area contributed by atoms with Crippen molar-refractivity contribution in [2.75, 3.05) is 13.2 Å². The van der Waals surface area contributed by atoms with Crippen molar-refractivity contribution >= 4 is 17.6 Å². The number of ether oxygens (including phenoxy) is 2. The van der Waals surface area contributed by atoms with Crippen LogP contribution in [0.5, 0.6) is 0 Å². The van der Waals surface area contributed by atoms with Crippen molar-refractivity contribution in [3.8, 4) is 0 Å². The number of furan rings is 1. The molecule has 0 amide bonds. The van der Waals surface area contributed by atoms with Crippen LogP contribution in [0.4, 0.5) is 0 Å². The molecule has 1 N–H and O–H groups in total. The van der Waals surface area contributed by atoms with Gasteiger partial charge >= 0.3 is 5.97 Å². The Hall–Kier alpha value is -1.04. The first-order valence-electron chi connectivity index (χ1n) is 5.75. The van der Waals surface area contributed by atoms with Crippen LogP contribution < -0.4 is 0 Å². The number of carbonyl (C=O) groups is 1. The maximum atomic E-state index is 11.6. The number of hydrogen-bond acceptors (Lipinski definition) is 5. The maximum Gasteiger partial charge on any atom is 0.341 e. The smallest absolute Gasteiger partial charge is 0.341 e. The fraction of sp³-hybridized carbons (Fsp3) is 0.583. The Kier molecular flexibility index (Phi) is 3.94. The summed E-state index contributed by atoms with van der Waals surface area (Å²) in [5, 5.41) is 8.93. The molecular formula is C12H15ClO5. The van der Waals surface area contributed by atoms with Crippen molar-refractivity contribution in [2.45, 2.75) is 31.4 Å². The average Bonchev–Trinajstić information content (AvgIpc) is 2.85. The normalized spacial score (nSPS) is 27.4. The third-order valence-corrected chi connectivity index (χ3v) is 3.34. The van der Waals surface area contributed by atoms with Gasteiger partial charge in [0.25, 0.3) is 0 Å². The standard InChI is InChI=1S/C12H15ClO5/c1-3-16-12(15)7-4-9(18-6(7)2)11-10(13)8(14)5-17-11/h4,8,10-11,14H,3,5H2,1-2H3/t8-,10+,11-/m1/s1.